The number of likely N-dealkylation sites (N-methyl/N-ethyl adjacent to an activating group) is 1. The molecule has 0 aromatic heterocycles. The van der Waals surface area contributed by atoms with Crippen molar-refractivity contribution >= 4 is 0 Å². The van der Waals surface area contributed by atoms with E-state index in [1.807, 2.05) is 0 Å². The lowest BCUT2D eigenvalue weighted by molar-refractivity contribution is -0.0858. The maximum atomic E-state index is 2.83. The van der Waals surface area contributed by atoms with Crippen LogP contribution in [-0.2, 0) is 0 Å². The first-order chi connectivity index (χ1) is 11.8. The second kappa shape index (κ2) is 6.49. The Hall–Kier alpha value is -0.120. The van der Waals surface area contributed by atoms with Gasteiger partial charge in [-0.2, -0.15) is 0 Å². The lowest BCUT2D eigenvalue weighted by atomic mass is 9.50. The standard InChI is InChI=1S/C22H41N3/c1-19(2)13-21(5-6-21)17-24-9-7-22(8-10-24)14-20(3,15-22)16-25-12-11-23(4)18-25/h19H,5-18H2,1-4H3. The van der Waals surface area contributed by atoms with Gasteiger partial charge in [0.1, 0.15) is 0 Å². The van der Waals surface area contributed by atoms with Crippen LogP contribution in [-0.4, -0.2) is 67.7 Å². The molecule has 2 saturated heterocycles. The number of rotatable bonds is 6. The van der Waals surface area contributed by atoms with Crippen LogP contribution in [0.1, 0.15) is 65.7 Å². The summed E-state index contributed by atoms with van der Waals surface area (Å²) in [4.78, 5) is 7.97. The third kappa shape index (κ3) is 4.09. The molecule has 3 nitrogen and oxygen atoms in total. The average Bonchev–Trinajstić information content (AvgIpc) is 3.11. The Morgan fingerprint density at radius 2 is 1.52 bits per heavy atom. The fourth-order valence-corrected chi connectivity index (χ4v) is 6.82. The highest BCUT2D eigenvalue weighted by Gasteiger charge is 2.53. The summed E-state index contributed by atoms with van der Waals surface area (Å²) in [6.45, 7) is 16.6. The molecule has 0 aromatic rings. The zero-order valence-electron chi connectivity index (χ0n) is 17.3. The molecule has 2 aliphatic heterocycles. The molecule has 0 bridgehead atoms. The van der Waals surface area contributed by atoms with Gasteiger partial charge in [0.2, 0.25) is 0 Å². The van der Waals surface area contributed by atoms with Crippen molar-refractivity contribution in [3.63, 3.8) is 0 Å². The SMILES string of the molecule is CC(C)CC1(CN2CCC3(CC2)CC(C)(CN2CCN(C)C2)C3)CC1. The summed E-state index contributed by atoms with van der Waals surface area (Å²) in [6.07, 6.45) is 10.4. The Labute approximate surface area is 156 Å². The fraction of sp³-hybridized carbons (Fsp3) is 1.00. The zero-order chi connectivity index (χ0) is 17.7. The van der Waals surface area contributed by atoms with Crippen LogP contribution in [0.25, 0.3) is 0 Å². The van der Waals surface area contributed by atoms with Crippen LogP contribution >= 0.6 is 0 Å². The maximum Gasteiger partial charge on any atom is 0.0504 e. The van der Waals surface area contributed by atoms with Gasteiger partial charge < -0.3 is 4.90 Å². The summed E-state index contributed by atoms with van der Waals surface area (Å²) >= 11 is 0. The topological polar surface area (TPSA) is 9.72 Å². The summed E-state index contributed by atoms with van der Waals surface area (Å²) in [5, 5.41) is 0. The molecule has 2 aliphatic carbocycles. The van der Waals surface area contributed by atoms with Crippen molar-refractivity contribution in [2.75, 3.05) is 53.0 Å². The molecule has 4 aliphatic rings. The van der Waals surface area contributed by atoms with E-state index in [2.05, 4.69) is 42.5 Å². The van der Waals surface area contributed by atoms with Crippen LogP contribution in [0.2, 0.25) is 0 Å². The molecular formula is C22H41N3. The number of hydrogen-bond donors (Lipinski definition) is 0. The van der Waals surface area contributed by atoms with E-state index in [1.165, 1.54) is 90.9 Å². The number of hydrogen-bond acceptors (Lipinski definition) is 3. The number of piperidine rings is 1. The van der Waals surface area contributed by atoms with Crippen LogP contribution < -0.4 is 0 Å². The van der Waals surface area contributed by atoms with Crippen molar-refractivity contribution in [1.29, 1.82) is 0 Å². The maximum absolute atomic E-state index is 2.83. The van der Waals surface area contributed by atoms with Crippen molar-refractivity contribution < 1.29 is 0 Å². The Morgan fingerprint density at radius 3 is 2.04 bits per heavy atom. The molecule has 25 heavy (non-hydrogen) atoms. The van der Waals surface area contributed by atoms with E-state index >= 15 is 0 Å². The predicted molar refractivity (Wildman–Crippen MR) is 106 cm³/mol. The van der Waals surface area contributed by atoms with Gasteiger partial charge in [-0.3, -0.25) is 9.80 Å². The van der Waals surface area contributed by atoms with E-state index in [1.54, 1.807) is 0 Å². The van der Waals surface area contributed by atoms with E-state index in [0.717, 1.165) is 5.92 Å². The minimum atomic E-state index is 0.600. The number of likely N-dealkylation sites (tertiary alicyclic amines) is 1. The van der Waals surface area contributed by atoms with E-state index in [0.29, 0.717) is 16.2 Å². The van der Waals surface area contributed by atoms with Crippen molar-refractivity contribution in [2.45, 2.75) is 65.7 Å². The zero-order valence-corrected chi connectivity index (χ0v) is 17.3. The molecule has 0 unspecified atom stereocenters. The molecule has 2 heterocycles. The molecule has 0 N–H and O–H groups in total. The summed E-state index contributed by atoms with van der Waals surface area (Å²) in [5.74, 6) is 0.871. The van der Waals surface area contributed by atoms with Crippen molar-refractivity contribution in [1.82, 2.24) is 14.7 Å². The first kappa shape index (κ1) is 18.3. The quantitative estimate of drug-likeness (QED) is 0.721. The third-order valence-corrected chi connectivity index (χ3v) is 7.72. The summed E-state index contributed by atoms with van der Waals surface area (Å²) in [7, 11) is 2.26. The third-order valence-electron chi connectivity index (χ3n) is 7.72. The van der Waals surface area contributed by atoms with Gasteiger partial charge in [-0.1, -0.05) is 20.8 Å². The molecule has 1 spiro atoms. The van der Waals surface area contributed by atoms with Gasteiger partial charge in [0.15, 0.2) is 0 Å². The van der Waals surface area contributed by atoms with Crippen LogP contribution in [0.4, 0.5) is 0 Å². The monoisotopic (exact) mass is 347 g/mol. The van der Waals surface area contributed by atoms with Gasteiger partial charge in [-0.25, -0.2) is 0 Å². The van der Waals surface area contributed by atoms with Crippen LogP contribution in [0, 0.1) is 22.2 Å². The predicted octanol–water partition coefficient (Wildman–Crippen LogP) is 3.90. The molecule has 0 aromatic carbocycles. The molecule has 2 saturated carbocycles. The molecule has 0 atom stereocenters. The fourth-order valence-electron chi connectivity index (χ4n) is 6.82. The lowest BCUT2D eigenvalue weighted by Crippen LogP contribution is -2.55. The second-order valence-electron chi connectivity index (χ2n) is 11.3. The van der Waals surface area contributed by atoms with E-state index < -0.39 is 0 Å². The Balaban J connectivity index is 1.22. The smallest absolute Gasteiger partial charge is 0.0504 e. The molecular weight excluding hydrogens is 306 g/mol. The largest absolute Gasteiger partial charge is 0.303 e. The normalized spacial score (nSPS) is 31.6. The first-order valence-electron chi connectivity index (χ1n) is 10.9. The average molecular weight is 348 g/mol. The van der Waals surface area contributed by atoms with Crippen LogP contribution in [0.5, 0.6) is 0 Å². The minimum absolute atomic E-state index is 0.600. The summed E-state index contributed by atoms with van der Waals surface area (Å²) < 4.78 is 0. The van der Waals surface area contributed by atoms with Crippen LogP contribution in [0.15, 0.2) is 0 Å². The molecule has 0 radical (unpaired) electrons. The van der Waals surface area contributed by atoms with Crippen molar-refractivity contribution in [3.8, 4) is 0 Å². The molecule has 3 heteroatoms. The molecule has 0 amide bonds. The molecule has 4 fully saturated rings. The highest BCUT2D eigenvalue weighted by atomic mass is 15.4. The van der Waals surface area contributed by atoms with Crippen LogP contribution in [0.3, 0.4) is 0 Å². The second-order valence-corrected chi connectivity index (χ2v) is 11.3. The highest BCUT2D eigenvalue weighted by molar-refractivity contribution is 5.05. The molecule has 4 rings (SSSR count). The summed E-state index contributed by atoms with van der Waals surface area (Å²) in [6, 6.07) is 0. The first-order valence-corrected chi connectivity index (χ1v) is 10.9. The van der Waals surface area contributed by atoms with E-state index in [9.17, 15) is 0 Å². The van der Waals surface area contributed by atoms with Gasteiger partial charge in [-0.15, -0.1) is 0 Å². The van der Waals surface area contributed by atoms with Crippen molar-refractivity contribution in [2.24, 2.45) is 22.2 Å². The van der Waals surface area contributed by atoms with E-state index in [4.69, 9.17) is 0 Å². The van der Waals surface area contributed by atoms with Gasteiger partial charge in [0.25, 0.3) is 0 Å². The van der Waals surface area contributed by atoms with Gasteiger partial charge in [0, 0.05) is 26.2 Å². The van der Waals surface area contributed by atoms with Gasteiger partial charge in [-0.05, 0) is 87.2 Å². The number of nitrogens with zero attached hydrogens (tertiary/aromatic N) is 3. The van der Waals surface area contributed by atoms with Crippen molar-refractivity contribution in [3.05, 3.63) is 0 Å². The lowest BCUT2D eigenvalue weighted by Gasteiger charge is -2.59. The Bertz CT molecular complexity index is 466. The molecule has 144 valence electrons. The van der Waals surface area contributed by atoms with E-state index in [-0.39, 0.29) is 0 Å². The minimum Gasteiger partial charge on any atom is -0.303 e. The summed E-state index contributed by atoms with van der Waals surface area (Å²) in [5.41, 5.74) is 2.03. The van der Waals surface area contributed by atoms with Gasteiger partial charge >= 0.3 is 0 Å². The Kier molecular flexibility index (Phi) is 4.74. The van der Waals surface area contributed by atoms with Gasteiger partial charge in [0.05, 0.1) is 6.67 Å². The highest BCUT2D eigenvalue weighted by Crippen LogP contribution is 2.60. The Morgan fingerprint density at radius 1 is 0.840 bits per heavy atom.